The number of hydrogen-bond donors (Lipinski definition) is 0. The van der Waals surface area contributed by atoms with Gasteiger partial charge in [0.15, 0.2) is 0 Å². The zero-order chi connectivity index (χ0) is 13.4. The maximum atomic E-state index is 10.8. The van der Waals surface area contributed by atoms with Crippen molar-refractivity contribution in [2.75, 3.05) is 12.9 Å². The standard InChI is InChI=1S/C13H22O3SSi/c1-12(18-13-9-4-3-5-10-13)8-6-7-11-16-17(2,14)15/h3-5,9-10,12H,6-8,11,18H2,1-2H3/t12-/m0/s1. The molecule has 0 heterocycles. The SMILES string of the molecule is C[C@@H](CCCCOS(C)(=O)=O)[SiH2]c1ccccc1. The van der Waals surface area contributed by atoms with Crippen LogP contribution in [0, 0.1) is 0 Å². The highest BCUT2D eigenvalue weighted by Gasteiger charge is 2.05. The molecule has 1 aromatic rings. The van der Waals surface area contributed by atoms with Gasteiger partial charge in [0.05, 0.1) is 22.4 Å². The highest BCUT2D eigenvalue weighted by molar-refractivity contribution is 7.85. The Balaban J connectivity index is 2.12. The molecule has 0 fully saturated rings. The largest absolute Gasteiger partial charge is 0.270 e. The van der Waals surface area contributed by atoms with Gasteiger partial charge in [-0.15, -0.1) is 0 Å². The van der Waals surface area contributed by atoms with Gasteiger partial charge in [-0.1, -0.05) is 55.3 Å². The molecule has 1 rings (SSSR count). The van der Waals surface area contributed by atoms with Crippen LogP contribution in [0.3, 0.4) is 0 Å². The fraction of sp³-hybridized carbons (Fsp3) is 0.538. The molecular formula is C13H22O3SSi. The lowest BCUT2D eigenvalue weighted by atomic mass is 10.2. The van der Waals surface area contributed by atoms with Crippen molar-refractivity contribution >= 4 is 24.8 Å². The molecule has 18 heavy (non-hydrogen) atoms. The molecule has 5 heteroatoms. The van der Waals surface area contributed by atoms with Crippen molar-refractivity contribution in [3.8, 4) is 0 Å². The van der Waals surface area contributed by atoms with Gasteiger partial charge in [0.25, 0.3) is 10.1 Å². The van der Waals surface area contributed by atoms with Crippen molar-refractivity contribution in [3.63, 3.8) is 0 Å². The monoisotopic (exact) mass is 286 g/mol. The molecule has 0 saturated carbocycles. The molecule has 0 spiro atoms. The highest BCUT2D eigenvalue weighted by Crippen LogP contribution is 2.12. The van der Waals surface area contributed by atoms with Gasteiger partial charge in [0, 0.05) is 0 Å². The molecule has 0 aliphatic rings. The quantitative estimate of drug-likeness (QED) is 0.412. The van der Waals surface area contributed by atoms with Crippen LogP contribution < -0.4 is 5.19 Å². The molecule has 0 aliphatic carbocycles. The summed E-state index contributed by atoms with van der Waals surface area (Å²) in [6, 6.07) is 10.6. The molecule has 0 aromatic heterocycles. The Kier molecular flexibility index (Phi) is 6.60. The maximum absolute atomic E-state index is 10.8. The summed E-state index contributed by atoms with van der Waals surface area (Å²) in [5.41, 5.74) is 0.755. The molecular weight excluding hydrogens is 264 g/mol. The van der Waals surface area contributed by atoms with Gasteiger partial charge in [-0.25, -0.2) is 0 Å². The van der Waals surface area contributed by atoms with Crippen molar-refractivity contribution in [3.05, 3.63) is 30.3 Å². The molecule has 0 saturated heterocycles. The molecule has 102 valence electrons. The molecule has 0 aliphatic heterocycles. The molecule has 0 unspecified atom stereocenters. The van der Waals surface area contributed by atoms with Crippen molar-refractivity contribution in [2.45, 2.75) is 31.7 Å². The summed E-state index contributed by atoms with van der Waals surface area (Å²) in [6.07, 6.45) is 4.11. The van der Waals surface area contributed by atoms with Crippen LogP contribution in [-0.4, -0.2) is 30.8 Å². The van der Waals surface area contributed by atoms with E-state index >= 15 is 0 Å². The summed E-state index contributed by atoms with van der Waals surface area (Å²) < 4.78 is 26.2. The van der Waals surface area contributed by atoms with Crippen molar-refractivity contribution in [1.82, 2.24) is 0 Å². The Bertz CT molecular complexity index is 431. The Morgan fingerprint density at radius 2 is 1.89 bits per heavy atom. The zero-order valence-corrected chi connectivity index (χ0v) is 13.4. The minimum Gasteiger partial charge on any atom is -0.270 e. The second kappa shape index (κ2) is 7.71. The van der Waals surface area contributed by atoms with Crippen LogP contribution in [0.2, 0.25) is 5.54 Å². The van der Waals surface area contributed by atoms with E-state index in [4.69, 9.17) is 4.18 Å². The average Bonchev–Trinajstić information content (AvgIpc) is 2.28. The van der Waals surface area contributed by atoms with Crippen LogP contribution in [0.25, 0.3) is 0 Å². The van der Waals surface area contributed by atoms with Gasteiger partial charge in [0.2, 0.25) is 0 Å². The van der Waals surface area contributed by atoms with Crippen LogP contribution in [0.4, 0.5) is 0 Å². The minimum atomic E-state index is -3.26. The fourth-order valence-electron chi connectivity index (χ4n) is 1.92. The summed E-state index contributed by atoms with van der Waals surface area (Å²) >= 11 is 0. The third kappa shape index (κ3) is 7.63. The summed E-state index contributed by atoms with van der Waals surface area (Å²) in [5, 5.41) is 1.50. The number of rotatable bonds is 8. The lowest BCUT2D eigenvalue weighted by Crippen LogP contribution is -2.17. The maximum Gasteiger partial charge on any atom is 0.264 e. The minimum absolute atomic E-state index is 0.208. The molecule has 0 amide bonds. The van der Waals surface area contributed by atoms with Gasteiger partial charge in [0.1, 0.15) is 0 Å². The molecule has 0 radical (unpaired) electrons. The van der Waals surface area contributed by atoms with Gasteiger partial charge in [-0.05, 0) is 12.0 Å². The Morgan fingerprint density at radius 1 is 1.22 bits per heavy atom. The fourth-order valence-corrected chi connectivity index (χ4v) is 4.19. The summed E-state index contributed by atoms with van der Waals surface area (Å²) in [7, 11) is -3.47. The summed E-state index contributed by atoms with van der Waals surface area (Å²) in [6.45, 7) is 2.61. The van der Waals surface area contributed by atoms with E-state index in [2.05, 4.69) is 31.2 Å². The smallest absolute Gasteiger partial charge is 0.264 e. The van der Waals surface area contributed by atoms with E-state index in [1.165, 1.54) is 5.19 Å². The molecule has 1 aromatic carbocycles. The second-order valence-corrected chi connectivity index (χ2v) is 9.08. The molecule has 3 nitrogen and oxygen atoms in total. The van der Waals surface area contributed by atoms with Gasteiger partial charge >= 0.3 is 0 Å². The number of unbranched alkanes of at least 4 members (excludes halogenated alkanes) is 1. The van der Waals surface area contributed by atoms with Crippen molar-refractivity contribution < 1.29 is 12.6 Å². The lowest BCUT2D eigenvalue weighted by molar-refractivity contribution is 0.310. The first-order valence-electron chi connectivity index (χ1n) is 6.36. The van der Waals surface area contributed by atoms with Crippen LogP contribution in [0.5, 0.6) is 0 Å². The van der Waals surface area contributed by atoms with E-state index in [0.717, 1.165) is 31.1 Å². The first-order chi connectivity index (χ1) is 8.47. The topological polar surface area (TPSA) is 43.4 Å². The van der Waals surface area contributed by atoms with E-state index in [-0.39, 0.29) is 9.52 Å². The first-order valence-corrected chi connectivity index (χ1v) is 9.70. The van der Waals surface area contributed by atoms with E-state index in [1.807, 2.05) is 6.07 Å². The van der Waals surface area contributed by atoms with Crippen LogP contribution in [-0.2, 0) is 14.3 Å². The van der Waals surface area contributed by atoms with E-state index in [0.29, 0.717) is 6.61 Å². The van der Waals surface area contributed by atoms with Gasteiger partial charge < -0.3 is 0 Å². The first kappa shape index (κ1) is 15.4. The Labute approximate surface area is 113 Å². The summed E-state index contributed by atoms with van der Waals surface area (Å²) in [5.74, 6) is 0. The normalized spacial score (nSPS) is 14.1. The van der Waals surface area contributed by atoms with Gasteiger partial charge in [-0.3, -0.25) is 4.18 Å². The van der Waals surface area contributed by atoms with Crippen molar-refractivity contribution in [1.29, 1.82) is 0 Å². The predicted octanol–water partition coefficient (Wildman–Crippen LogP) is 1.44. The highest BCUT2D eigenvalue weighted by atomic mass is 32.2. The second-order valence-electron chi connectivity index (χ2n) is 4.82. The lowest BCUT2D eigenvalue weighted by Gasteiger charge is -2.10. The van der Waals surface area contributed by atoms with Crippen LogP contribution in [0.1, 0.15) is 26.2 Å². The number of hydrogen-bond acceptors (Lipinski definition) is 3. The Morgan fingerprint density at radius 3 is 2.50 bits per heavy atom. The van der Waals surface area contributed by atoms with Crippen LogP contribution >= 0.6 is 0 Å². The van der Waals surface area contributed by atoms with Crippen molar-refractivity contribution in [2.24, 2.45) is 0 Å². The summed E-state index contributed by atoms with van der Waals surface area (Å²) in [4.78, 5) is 0. The zero-order valence-electron chi connectivity index (χ0n) is 11.1. The average molecular weight is 286 g/mol. The molecule has 0 N–H and O–H groups in total. The third-order valence-electron chi connectivity index (χ3n) is 2.82. The number of benzene rings is 1. The van der Waals surface area contributed by atoms with Gasteiger partial charge in [-0.2, -0.15) is 8.42 Å². The van der Waals surface area contributed by atoms with E-state index in [1.54, 1.807) is 0 Å². The van der Waals surface area contributed by atoms with Crippen LogP contribution in [0.15, 0.2) is 30.3 Å². The predicted molar refractivity (Wildman–Crippen MR) is 78.7 cm³/mol. The molecule has 1 atom stereocenters. The molecule has 0 bridgehead atoms. The third-order valence-corrected chi connectivity index (χ3v) is 5.46. The Hall–Kier alpha value is -0.653. The van der Waals surface area contributed by atoms with E-state index < -0.39 is 10.1 Å². The van der Waals surface area contributed by atoms with E-state index in [9.17, 15) is 8.42 Å².